The molecule has 0 aliphatic carbocycles. The van der Waals surface area contributed by atoms with Crippen LogP contribution in [0.25, 0.3) is 11.5 Å². The summed E-state index contributed by atoms with van der Waals surface area (Å²) in [4.78, 5) is 0.174. The Hall–Kier alpha value is -2.38. The molecular weight excluding hydrogens is 328 g/mol. The van der Waals surface area contributed by atoms with E-state index in [1.54, 1.807) is 13.0 Å². The molecule has 0 N–H and O–H groups in total. The van der Waals surface area contributed by atoms with Crippen molar-refractivity contribution in [3.05, 3.63) is 59.5 Å². The van der Waals surface area contributed by atoms with Gasteiger partial charge in [0.05, 0.1) is 6.20 Å². The minimum absolute atomic E-state index is 0.174. The van der Waals surface area contributed by atoms with Crippen molar-refractivity contribution in [3.63, 3.8) is 0 Å². The average molecular weight is 344 g/mol. The van der Waals surface area contributed by atoms with E-state index in [1.165, 1.54) is 22.1 Å². The number of nitrogens with zero attached hydrogens (tertiary/aromatic N) is 2. The second-order valence-corrected chi connectivity index (χ2v) is 7.67. The molecule has 1 aromatic carbocycles. The van der Waals surface area contributed by atoms with E-state index in [9.17, 15) is 8.42 Å². The van der Waals surface area contributed by atoms with Crippen LogP contribution in [0.5, 0.6) is 0 Å². The summed E-state index contributed by atoms with van der Waals surface area (Å²) in [5, 5.41) is 3.62. The molecule has 0 fully saturated rings. The van der Waals surface area contributed by atoms with E-state index in [4.69, 9.17) is 8.94 Å². The molecular formula is C17H16N2O4S. The summed E-state index contributed by atoms with van der Waals surface area (Å²) in [6.45, 7) is 2.48. The summed E-state index contributed by atoms with van der Waals surface area (Å²) < 4.78 is 38.1. The van der Waals surface area contributed by atoms with E-state index in [-0.39, 0.29) is 4.90 Å². The number of hydrogen-bond acceptors (Lipinski definition) is 5. The van der Waals surface area contributed by atoms with Crippen LogP contribution in [0.15, 0.2) is 56.4 Å². The lowest BCUT2D eigenvalue weighted by Gasteiger charge is -2.27. The molecule has 0 radical (unpaired) electrons. The van der Waals surface area contributed by atoms with Crippen LogP contribution in [0.1, 0.15) is 16.9 Å². The molecule has 7 heteroatoms. The number of rotatable bonds is 3. The maximum absolute atomic E-state index is 13.0. The molecule has 24 heavy (non-hydrogen) atoms. The Morgan fingerprint density at radius 1 is 1.12 bits per heavy atom. The normalized spacial score (nSPS) is 15.4. The Balaban J connectivity index is 1.69. The van der Waals surface area contributed by atoms with E-state index >= 15 is 0 Å². The molecule has 0 amide bonds. The van der Waals surface area contributed by atoms with Gasteiger partial charge in [0, 0.05) is 25.2 Å². The number of benzene rings is 1. The number of aromatic nitrogens is 1. The van der Waals surface area contributed by atoms with Crippen molar-refractivity contribution in [3.8, 4) is 11.5 Å². The van der Waals surface area contributed by atoms with Crippen molar-refractivity contribution in [2.24, 2.45) is 0 Å². The van der Waals surface area contributed by atoms with Gasteiger partial charge in [0.25, 0.3) is 0 Å². The Bertz CT molecular complexity index is 974. The van der Waals surface area contributed by atoms with E-state index in [2.05, 4.69) is 5.16 Å². The number of fused-ring (bicyclic) bond motifs is 1. The first-order valence-corrected chi connectivity index (χ1v) is 9.08. The fraction of sp³-hybridized carbons (Fsp3) is 0.235. The molecule has 0 saturated heterocycles. The molecule has 0 unspecified atom stereocenters. The van der Waals surface area contributed by atoms with Crippen LogP contribution in [-0.4, -0.2) is 24.4 Å². The van der Waals surface area contributed by atoms with Gasteiger partial charge < -0.3 is 8.94 Å². The fourth-order valence-corrected chi connectivity index (χ4v) is 4.58. The lowest BCUT2D eigenvalue weighted by atomic mass is 10.0. The number of hydrogen-bond donors (Lipinski definition) is 0. The standard InChI is InChI=1S/C17H16N2O4S/c1-12-17(10-16(22-12)15-6-8-18-23-15)24(20,21)19-9-7-13-4-2-3-5-14(13)11-19/h2-6,8,10H,7,9,11H2,1H3. The number of aryl methyl sites for hydroxylation is 1. The molecule has 0 bridgehead atoms. The van der Waals surface area contributed by atoms with Crippen LogP contribution in [0.3, 0.4) is 0 Å². The lowest BCUT2D eigenvalue weighted by molar-refractivity contribution is 0.389. The van der Waals surface area contributed by atoms with Gasteiger partial charge in [-0.2, -0.15) is 4.31 Å². The largest absolute Gasteiger partial charge is 0.457 e. The third-order valence-electron chi connectivity index (χ3n) is 4.27. The van der Waals surface area contributed by atoms with Crippen LogP contribution < -0.4 is 0 Å². The Kier molecular flexibility index (Phi) is 3.54. The van der Waals surface area contributed by atoms with Crippen molar-refractivity contribution < 1.29 is 17.4 Å². The van der Waals surface area contributed by atoms with Crippen LogP contribution in [0.2, 0.25) is 0 Å². The SMILES string of the molecule is Cc1oc(-c2ccno2)cc1S(=O)(=O)N1CCc2ccccc2C1. The van der Waals surface area contributed by atoms with Gasteiger partial charge in [0.2, 0.25) is 15.8 Å². The van der Waals surface area contributed by atoms with Crippen molar-refractivity contribution in [2.75, 3.05) is 6.54 Å². The molecule has 3 aromatic rings. The molecule has 3 heterocycles. The third kappa shape index (κ3) is 2.46. The first-order valence-electron chi connectivity index (χ1n) is 7.64. The van der Waals surface area contributed by atoms with Gasteiger partial charge in [-0.1, -0.05) is 29.4 Å². The summed E-state index contributed by atoms with van der Waals surface area (Å²) in [6, 6.07) is 11.1. The average Bonchev–Trinajstić information content (AvgIpc) is 3.24. The maximum Gasteiger partial charge on any atom is 0.246 e. The van der Waals surface area contributed by atoms with Gasteiger partial charge >= 0.3 is 0 Å². The summed E-state index contributed by atoms with van der Waals surface area (Å²) in [5.41, 5.74) is 2.25. The summed E-state index contributed by atoms with van der Waals surface area (Å²) in [7, 11) is -3.63. The molecule has 6 nitrogen and oxygen atoms in total. The highest BCUT2D eigenvalue weighted by atomic mass is 32.2. The van der Waals surface area contributed by atoms with Gasteiger partial charge in [-0.05, 0) is 24.5 Å². The Labute approximate surface area is 139 Å². The molecule has 1 aliphatic rings. The number of sulfonamides is 1. The van der Waals surface area contributed by atoms with E-state index in [0.29, 0.717) is 36.8 Å². The quantitative estimate of drug-likeness (QED) is 0.730. The first-order chi connectivity index (χ1) is 11.6. The lowest BCUT2D eigenvalue weighted by Crippen LogP contribution is -2.36. The van der Waals surface area contributed by atoms with Crippen molar-refractivity contribution >= 4 is 10.0 Å². The molecule has 0 atom stereocenters. The smallest absolute Gasteiger partial charge is 0.246 e. The van der Waals surface area contributed by atoms with Crippen LogP contribution in [0.4, 0.5) is 0 Å². The highest BCUT2D eigenvalue weighted by molar-refractivity contribution is 7.89. The van der Waals surface area contributed by atoms with Crippen LogP contribution >= 0.6 is 0 Å². The second-order valence-electron chi connectivity index (χ2n) is 5.77. The zero-order valence-corrected chi connectivity index (χ0v) is 13.9. The summed E-state index contributed by atoms with van der Waals surface area (Å²) >= 11 is 0. The molecule has 4 rings (SSSR count). The van der Waals surface area contributed by atoms with E-state index < -0.39 is 10.0 Å². The second kappa shape index (κ2) is 5.61. The minimum atomic E-state index is -3.63. The maximum atomic E-state index is 13.0. The van der Waals surface area contributed by atoms with Gasteiger partial charge in [-0.15, -0.1) is 0 Å². The molecule has 124 valence electrons. The molecule has 0 spiro atoms. The monoisotopic (exact) mass is 344 g/mol. The predicted octanol–water partition coefficient (Wildman–Crippen LogP) is 2.99. The summed E-state index contributed by atoms with van der Waals surface area (Å²) in [6.07, 6.45) is 2.20. The fourth-order valence-electron chi connectivity index (χ4n) is 3.00. The highest BCUT2D eigenvalue weighted by Gasteiger charge is 2.31. The van der Waals surface area contributed by atoms with Crippen LogP contribution in [-0.2, 0) is 23.0 Å². The molecule has 0 saturated carbocycles. The van der Waals surface area contributed by atoms with Gasteiger partial charge in [0.1, 0.15) is 10.7 Å². The Morgan fingerprint density at radius 2 is 1.92 bits per heavy atom. The first kappa shape index (κ1) is 15.2. The van der Waals surface area contributed by atoms with E-state index in [0.717, 1.165) is 5.56 Å². The van der Waals surface area contributed by atoms with E-state index in [1.807, 2.05) is 24.3 Å². The summed E-state index contributed by atoms with van der Waals surface area (Å²) in [5.74, 6) is 1.12. The highest BCUT2D eigenvalue weighted by Crippen LogP contribution is 2.32. The van der Waals surface area contributed by atoms with Crippen molar-refractivity contribution in [2.45, 2.75) is 24.8 Å². The topological polar surface area (TPSA) is 76.5 Å². The minimum Gasteiger partial charge on any atom is -0.457 e. The van der Waals surface area contributed by atoms with Crippen molar-refractivity contribution in [1.29, 1.82) is 0 Å². The van der Waals surface area contributed by atoms with Gasteiger partial charge in [-0.3, -0.25) is 0 Å². The third-order valence-corrected chi connectivity index (χ3v) is 6.22. The zero-order chi connectivity index (χ0) is 16.7. The molecule has 1 aliphatic heterocycles. The van der Waals surface area contributed by atoms with Gasteiger partial charge in [-0.25, -0.2) is 8.42 Å². The predicted molar refractivity (Wildman–Crippen MR) is 86.7 cm³/mol. The van der Waals surface area contributed by atoms with Gasteiger partial charge in [0.15, 0.2) is 5.76 Å². The van der Waals surface area contributed by atoms with Crippen LogP contribution in [0, 0.1) is 6.92 Å². The zero-order valence-electron chi connectivity index (χ0n) is 13.1. The Morgan fingerprint density at radius 3 is 2.67 bits per heavy atom. The van der Waals surface area contributed by atoms with Crippen molar-refractivity contribution in [1.82, 2.24) is 9.46 Å². The number of furan rings is 1. The molecule has 2 aromatic heterocycles.